The van der Waals surface area contributed by atoms with Gasteiger partial charge in [-0.05, 0) is 181 Å². The zero-order valence-corrected chi connectivity index (χ0v) is 56.8. The number of benzene rings is 8. The highest BCUT2D eigenvalue weighted by atomic mass is 16.5. The fourth-order valence-electron chi connectivity index (χ4n) is 18.7. The molecule has 9 aliphatic carbocycles. The minimum atomic E-state index is -0.980. The second-order valence-corrected chi connectivity index (χ2v) is 27.4. The molecule has 19 nitrogen and oxygen atoms in total. The van der Waals surface area contributed by atoms with Crippen LogP contribution in [0.2, 0.25) is 0 Å². The number of hydrogen-bond acceptors (Lipinski definition) is 17. The first-order chi connectivity index (χ1) is 49.7. The molecule has 8 aromatic carbocycles. The second-order valence-electron chi connectivity index (χ2n) is 27.4. The summed E-state index contributed by atoms with van der Waals surface area (Å²) in [7, 11) is 5.37. The molecule has 0 N–H and O–H groups in total. The van der Waals surface area contributed by atoms with Crippen molar-refractivity contribution in [2.45, 2.75) is 63.2 Å². The lowest BCUT2D eigenvalue weighted by molar-refractivity contribution is -0.160. The fraction of sp³-hybridized carbons (Fsp3) is 0.265. The Morgan fingerprint density at radius 3 is 1.09 bits per heavy atom. The molecule has 0 radical (unpaired) electrons. The molecule has 504 valence electrons. The van der Waals surface area contributed by atoms with Crippen molar-refractivity contribution in [3.8, 4) is 35.6 Å². The molecule has 0 saturated carbocycles. The summed E-state index contributed by atoms with van der Waals surface area (Å²) in [6, 6.07) is 46.8. The van der Waals surface area contributed by atoms with E-state index in [1.54, 1.807) is 9.36 Å². The summed E-state index contributed by atoms with van der Waals surface area (Å²) in [5.41, 5.74) is 16.0. The number of nitrogens with zero attached hydrogens (tertiary/aromatic N) is 7. The van der Waals surface area contributed by atoms with Crippen molar-refractivity contribution in [2.24, 2.45) is 35.5 Å². The number of carbonyl (C=O) groups excluding carboxylic acids is 6. The summed E-state index contributed by atoms with van der Waals surface area (Å²) in [6.07, 6.45) is 0. The number of methoxy groups -OCH3 is 4. The van der Waals surface area contributed by atoms with E-state index in [-0.39, 0.29) is 54.6 Å². The molecule has 12 atom stereocenters. The summed E-state index contributed by atoms with van der Waals surface area (Å²) >= 11 is 0. The van der Waals surface area contributed by atoms with Crippen LogP contribution in [0.25, 0.3) is 44.2 Å². The van der Waals surface area contributed by atoms with Crippen LogP contribution in [0.15, 0.2) is 140 Å². The maximum Gasteiger partial charge on any atom is 0.310 e. The van der Waals surface area contributed by atoms with Gasteiger partial charge in [-0.1, -0.05) is 109 Å². The molecule has 19 heteroatoms. The Bertz CT molecular complexity index is 5590. The highest BCUT2D eigenvalue weighted by Gasteiger charge is 2.59. The van der Waals surface area contributed by atoms with E-state index < -0.39 is 71.2 Å². The minimum Gasteiger partial charge on any atom is -0.469 e. The molecule has 102 heavy (non-hydrogen) atoms. The molecule has 12 unspecified atom stereocenters. The quantitative estimate of drug-likeness (QED) is 0.0364. The summed E-state index contributed by atoms with van der Waals surface area (Å²) in [5.74, 6) is 5.59. The molecule has 0 aliphatic heterocycles. The molecule has 0 saturated heterocycles. The fourth-order valence-corrected chi connectivity index (χ4v) is 18.7. The first-order valence-electron chi connectivity index (χ1n) is 33.9. The Balaban J connectivity index is 0.981. The number of esters is 4. The van der Waals surface area contributed by atoms with Crippen LogP contribution >= 0.6 is 0 Å². The van der Waals surface area contributed by atoms with Gasteiger partial charge in [0.25, 0.3) is 24.8 Å². The van der Waals surface area contributed by atoms with Gasteiger partial charge in [-0.25, -0.2) is 9.36 Å². The molecule has 3 heterocycles. The summed E-state index contributed by atoms with van der Waals surface area (Å²) < 4.78 is 37.0. The summed E-state index contributed by atoms with van der Waals surface area (Å²) in [4.78, 5) is 96.9. The molecular formula is C83H65N7O12. The van der Waals surface area contributed by atoms with Crippen LogP contribution in [0.5, 0.6) is 0 Å². The molecule has 0 spiro atoms. The van der Waals surface area contributed by atoms with Crippen molar-refractivity contribution in [1.82, 2.24) is 34.5 Å². The predicted octanol–water partition coefficient (Wildman–Crippen LogP) is 11.2. The van der Waals surface area contributed by atoms with Crippen molar-refractivity contribution in [3.05, 3.63) is 252 Å². The van der Waals surface area contributed by atoms with Gasteiger partial charge < -0.3 is 28.4 Å². The third-order valence-corrected chi connectivity index (χ3v) is 22.5. The standard InChI is InChI=1S/C83H65N7O12/c1-40-28-42(3)89(87-40)82-84-67(85-83(86-82)90-43(4)29-41(2)88-90)27-26-47-56-33-61-60(68-48-18-9-10-19-49(48)69(61)66(37-102-39-92)65(68)36-101-38-91)32-55(56)46(57-34-63-64(35-58(47)57)73-53-23-14-13-22-52(53)72(63)76(80(95)99-7)77(73)81(96)100-8)25-24-44-16-15-17-45-30-59-62(31-54(44)45)71-51-21-12-11-20-50(51)70(59)74(78(93)97-5)75(71)79(94)98-6/h9-23,28-35,38-39,65-66,68-77H,36-37H2,1-8H3. The highest BCUT2D eigenvalue weighted by molar-refractivity contribution is 6.12. The van der Waals surface area contributed by atoms with E-state index in [1.807, 2.05) is 119 Å². The van der Waals surface area contributed by atoms with Crippen LogP contribution in [0.1, 0.15) is 148 Å². The van der Waals surface area contributed by atoms with Gasteiger partial charge in [0.1, 0.15) is 0 Å². The number of aromatic nitrogens is 7. The second kappa shape index (κ2) is 24.4. The lowest BCUT2D eigenvalue weighted by atomic mass is 9.53. The van der Waals surface area contributed by atoms with Gasteiger partial charge in [-0.3, -0.25) is 28.8 Å². The molecule has 3 aromatic heterocycles. The van der Waals surface area contributed by atoms with Gasteiger partial charge in [-0.15, -0.1) is 0 Å². The normalized spacial score (nSPS) is 22.3. The van der Waals surface area contributed by atoms with Crippen molar-refractivity contribution < 1.29 is 57.2 Å². The van der Waals surface area contributed by atoms with E-state index in [1.165, 1.54) is 28.4 Å². The maximum atomic E-state index is 14.6. The first-order valence-corrected chi connectivity index (χ1v) is 33.9. The number of rotatable bonds is 12. The monoisotopic (exact) mass is 1350 g/mol. The highest BCUT2D eigenvalue weighted by Crippen LogP contribution is 2.63. The molecule has 0 fully saturated rings. The number of fused-ring (bicyclic) bond motifs is 6. The smallest absolute Gasteiger partial charge is 0.310 e. The summed E-state index contributed by atoms with van der Waals surface area (Å²) in [5, 5.41) is 14.0. The molecular weight excluding hydrogens is 1290 g/mol. The Labute approximate surface area is 585 Å². The lowest BCUT2D eigenvalue weighted by Gasteiger charge is -2.50. The SMILES string of the molecule is COC(=O)C1C2c3ccccc3C(c3cc4c(C#Cc5c6cc7c(cc6c(C#Cc6nc(-n8nc(C)cc8C)nc(-n8nc(C)cc8C)n6)c6cc8c(cc56)C5c6ccccc6C8C(C(=O)OC)C5C(=O)OC)C5c6ccccc6C7C(COC=O)C5COC=O)cccc4cc32)C1C(=O)OC. The van der Waals surface area contributed by atoms with E-state index in [4.69, 9.17) is 53.6 Å². The third-order valence-electron chi connectivity index (χ3n) is 22.5. The molecule has 9 aliphatic rings. The number of aryl methyl sites for hydroxylation is 4. The van der Waals surface area contributed by atoms with Gasteiger partial charge in [0.2, 0.25) is 5.82 Å². The first kappa shape index (κ1) is 63.4. The average Bonchev–Trinajstić information content (AvgIpc) is 0.759. The maximum absolute atomic E-state index is 14.6. The van der Waals surface area contributed by atoms with E-state index >= 15 is 0 Å². The van der Waals surface area contributed by atoms with Crippen molar-refractivity contribution >= 4 is 69.1 Å². The van der Waals surface area contributed by atoms with Crippen LogP contribution in [0.4, 0.5) is 0 Å². The molecule has 0 amide bonds. The number of carbonyl (C=O) groups is 6. The third kappa shape index (κ3) is 9.46. The van der Waals surface area contributed by atoms with Crippen LogP contribution in [0.3, 0.4) is 0 Å². The van der Waals surface area contributed by atoms with E-state index in [2.05, 4.69) is 72.2 Å². The van der Waals surface area contributed by atoms with Crippen molar-refractivity contribution in [2.75, 3.05) is 41.7 Å². The number of hydrogen-bond donors (Lipinski definition) is 0. The zero-order chi connectivity index (χ0) is 70.3. The van der Waals surface area contributed by atoms with Gasteiger partial charge in [0.05, 0.1) is 76.7 Å². The predicted molar refractivity (Wildman–Crippen MR) is 374 cm³/mol. The Hall–Kier alpha value is -12.1. The summed E-state index contributed by atoms with van der Waals surface area (Å²) in [6.45, 7) is 8.63. The van der Waals surface area contributed by atoms with E-state index in [0.717, 1.165) is 106 Å². The average molecular weight is 1350 g/mol. The molecule has 11 aromatic rings. The van der Waals surface area contributed by atoms with Crippen LogP contribution in [-0.2, 0) is 57.2 Å². The van der Waals surface area contributed by atoms with Crippen molar-refractivity contribution in [1.29, 1.82) is 0 Å². The number of ether oxygens (including phenoxy) is 6. The Morgan fingerprint density at radius 1 is 0.392 bits per heavy atom. The van der Waals surface area contributed by atoms with Crippen LogP contribution in [-0.4, -0.2) is 113 Å². The Kier molecular flexibility index (Phi) is 15.1. The minimum absolute atomic E-state index is 0.0421. The zero-order valence-electron chi connectivity index (χ0n) is 56.8. The van der Waals surface area contributed by atoms with Crippen LogP contribution < -0.4 is 0 Å². The van der Waals surface area contributed by atoms with Gasteiger partial charge in [0.15, 0.2) is 0 Å². The van der Waals surface area contributed by atoms with Crippen molar-refractivity contribution in [3.63, 3.8) is 0 Å². The van der Waals surface area contributed by atoms with Gasteiger partial charge in [-0.2, -0.15) is 25.1 Å². The molecule has 20 rings (SSSR count). The van der Waals surface area contributed by atoms with Gasteiger partial charge >= 0.3 is 23.9 Å². The molecule has 6 bridgehead atoms. The lowest BCUT2D eigenvalue weighted by Crippen LogP contribution is -2.47. The van der Waals surface area contributed by atoms with Crippen LogP contribution in [0, 0.1) is 86.9 Å². The largest absolute Gasteiger partial charge is 0.469 e. The Morgan fingerprint density at radius 2 is 0.735 bits per heavy atom. The van der Waals surface area contributed by atoms with E-state index in [0.29, 0.717) is 45.8 Å². The topological polar surface area (TPSA) is 232 Å². The van der Waals surface area contributed by atoms with E-state index in [9.17, 15) is 28.8 Å². The van der Waals surface area contributed by atoms with Gasteiger partial charge in [0, 0.05) is 75.4 Å².